The maximum Gasteiger partial charge on any atom is 0.330 e. The van der Waals surface area contributed by atoms with Gasteiger partial charge in [0.2, 0.25) is 0 Å². The molecule has 0 radical (unpaired) electrons. The van der Waals surface area contributed by atoms with E-state index in [4.69, 9.17) is 4.74 Å². The van der Waals surface area contributed by atoms with Crippen LogP contribution in [-0.2, 0) is 20.4 Å². The number of benzene rings is 3. The summed E-state index contributed by atoms with van der Waals surface area (Å²) in [7, 11) is 0. The number of hydrogen-bond acceptors (Lipinski definition) is 2. The Morgan fingerprint density at radius 2 is 1.12 bits per heavy atom. The highest BCUT2D eigenvalue weighted by atomic mass is 16.5. The third-order valence-corrected chi connectivity index (χ3v) is 5.82. The quantitative estimate of drug-likeness (QED) is 0.295. The van der Waals surface area contributed by atoms with Crippen LogP contribution in [0, 0.1) is 0 Å². The Labute approximate surface area is 199 Å². The predicted octanol–water partition coefficient (Wildman–Crippen LogP) is 8.19. The summed E-state index contributed by atoms with van der Waals surface area (Å²) in [5.74, 6) is -0.325. The molecule has 3 aromatic carbocycles. The molecule has 2 nitrogen and oxygen atoms in total. The van der Waals surface area contributed by atoms with Gasteiger partial charge in [0.15, 0.2) is 0 Å². The van der Waals surface area contributed by atoms with Gasteiger partial charge < -0.3 is 4.74 Å². The topological polar surface area (TPSA) is 26.3 Å². The fraction of sp³-hybridized carbons (Fsp3) is 0.323. The van der Waals surface area contributed by atoms with Gasteiger partial charge in [0.1, 0.15) is 0 Å². The second-order valence-electron chi connectivity index (χ2n) is 10.6. The van der Waals surface area contributed by atoms with E-state index in [9.17, 15) is 4.79 Å². The van der Waals surface area contributed by atoms with Gasteiger partial charge in [-0.25, -0.2) is 4.79 Å². The molecule has 0 aromatic heterocycles. The minimum Gasteiger partial charge on any atom is -0.463 e. The van der Waals surface area contributed by atoms with E-state index >= 15 is 0 Å². The van der Waals surface area contributed by atoms with Crippen LogP contribution in [0.15, 0.2) is 72.8 Å². The van der Waals surface area contributed by atoms with Gasteiger partial charge in [-0.3, -0.25) is 0 Å². The molecule has 0 heterocycles. The monoisotopic (exact) mass is 440 g/mol. The second-order valence-corrected chi connectivity index (χ2v) is 10.6. The Bertz CT molecular complexity index is 1040. The first-order chi connectivity index (χ1) is 15.5. The normalized spacial score (nSPS) is 12.2. The lowest BCUT2D eigenvalue weighted by Gasteiger charge is -2.20. The van der Waals surface area contributed by atoms with Gasteiger partial charge in [-0.1, -0.05) is 90.1 Å². The Kier molecular flexibility index (Phi) is 7.27. The van der Waals surface area contributed by atoms with Crippen LogP contribution in [0.5, 0.6) is 0 Å². The van der Waals surface area contributed by atoms with Crippen molar-refractivity contribution in [2.24, 2.45) is 0 Å². The average molecular weight is 441 g/mol. The zero-order valence-electron chi connectivity index (χ0n) is 21.0. The van der Waals surface area contributed by atoms with Crippen LogP contribution in [0.3, 0.4) is 0 Å². The Morgan fingerprint density at radius 3 is 1.48 bits per heavy atom. The van der Waals surface area contributed by atoms with E-state index in [2.05, 4.69) is 108 Å². The number of carbonyl (C=O) groups is 1. The molecule has 0 saturated heterocycles. The first-order valence-corrected chi connectivity index (χ1v) is 11.7. The van der Waals surface area contributed by atoms with E-state index in [1.165, 1.54) is 17.2 Å². The van der Waals surface area contributed by atoms with Gasteiger partial charge in [-0.2, -0.15) is 0 Å². The highest BCUT2D eigenvalue weighted by Gasteiger charge is 2.15. The highest BCUT2D eigenvalue weighted by Crippen LogP contribution is 2.32. The summed E-state index contributed by atoms with van der Waals surface area (Å²) >= 11 is 0. The van der Waals surface area contributed by atoms with Gasteiger partial charge in [0, 0.05) is 6.08 Å². The molecule has 3 aromatic rings. The average Bonchev–Trinajstić information content (AvgIpc) is 2.77. The lowest BCUT2D eigenvalue weighted by Crippen LogP contribution is -2.10. The summed E-state index contributed by atoms with van der Waals surface area (Å²) in [4.78, 5) is 11.9. The van der Waals surface area contributed by atoms with Gasteiger partial charge in [-0.05, 0) is 81.0 Å². The largest absolute Gasteiger partial charge is 0.463 e. The fourth-order valence-corrected chi connectivity index (χ4v) is 3.76. The molecule has 0 spiro atoms. The number of esters is 1. The number of ether oxygens (including phenoxy) is 1. The molecule has 0 aliphatic carbocycles. The Hall–Kier alpha value is -3.13. The molecule has 172 valence electrons. The van der Waals surface area contributed by atoms with E-state index in [1.54, 1.807) is 0 Å². The van der Waals surface area contributed by atoms with E-state index < -0.39 is 0 Å². The maximum atomic E-state index is 11.9. The molecular formula is C31H36O2. The van der Waals surface area contributed by atoms with Gasteiger partial charge >= 0.3 is 5.97 Å². The highest BCUT2D eigenvalue weighted by molar-refractivity contribution is 5.88. The summed E-state index contributed by atoms with van der Waals surface area (Å²) in [5, 5.41) is 0. The predicted molar refractivity (Wildman–Crippen MR) is 140 cm³/mol. The van der Waals surface area contributed by atoms with Crippen molar-refractivity contribution in [2.75, 3.05) is 6.61 Å². The molecule has 2 heteroatoms. The zero-order valence-corrected chi connectivity index (χ0v) is 21.0. The van der Waals surface area contributed by atoms with Crippen LogP contribution in [0.2, 0.25) is 0 Å². The molecule has 0 bridgehead atoms. The molecule has 0 aliphatic rings. The Morgan fingerprint density at radius 1 is 0.697 bits per heavy atom. The van der Waals surface area contributed by atoms with Crippen molar-refractivity contribution >= 4 is 12.0 Å². The molecule has 0 saturated carbocycles. The first-order valence-electron chi connectivity index (χ1n) is 11.7. The molecule has 0 aliphatic heterocycles. The molecule has 33 heavy (non-hydrogen) atoms. The summed E-state index contributed by atoms with van der Waals surface area (Å²) in [6.07, 6.45) is 3.33. The van der Waals surface area contributed by atoms with Crippen LogP contribution in [0.25, 0.3) is 28.3 Å². The van der Waals surface area contributed by atoms with Crippen LogP contribution in [-0.4, -0.2) is 12.6 Å². The van der Waals surface area contributed by atoms with Crippen LogP contribution < -0.4 is 0 Å². The molecule has 0 atom stereocenters. The molecule has 3 rings (SSSR count). The standard InChI is InChI=1S/C31H36O2/c1-8-33-29(32)18-9-22-19-25(23-10-14-27(15-11-23)30(2,3)4)21-26(20-22)24-12-16-28(17-13-24)31(5,6)7/h9-21H,8H2,1-7H3/b18-9+. The van der Waals surface area contributed by atoms with Gasteiger partial charge in [-0.15, -0.1) is 0 Å². The number of rotatable bonds is 5. The third-order valence-electron chi connectivity index (χ3n) is 5.82. The zero-order chi connectivity index (χ0) is 24.2. The molecule has 0 unspecified atom stereocenters. The SMILES string of the molecule is CCOC(=O)/C=C/c1cc(-c2ccc(C(C)(C)C)cc2)cc(-c2ccc(C(C)(C)C)cc2)c1. The molecule has 0 N–H and O–H groups in total. The minimum atomic E-state index is -0.325. The fourth-order valence-electron chi connectivity index (χ4n) is 3.76. The van der Waals surface area contributed by atoms with Crippen LogP contribution in [0.4, 0.5) is 0 Å². The summed E-state index contributed by atoms with van der Waals surface area (Å²) < 4.78 is 5.06. The first kappa shape index (κ1) is 24.5. The van der Waals surface area contributed by atoms with Crippen molar-refractivity contribution in [1.82, 2.24) is 0 Å². The minimum absolute atomic E-state index is 0.114. The second kappa shape index (κ2) is 9.79. The van der Waals surface area contributed by atoms with Crippen molar-refractivity contribution in [3.8, 4) is 22.3 Å². The lowest BCUT2D eigenvalue weighted by molar-refractivity contribution is -0.137. The molecular weight excluding hydrogens is 404 g/mol. The van der Waals surface area contributed by atoms with E-state index in [1.807, 2.05) is 13.0 Å². The van der Waals surface area contributed by atoms with Crippen molar-refractivity contribution < 1.29 is 9.53 Å². The van der Waals surface area contributed by atoms with Crippen molar-refractivity contribution in [1.29, 1.82) is 0 Å². The summed E-state index contributed by atoms with van der Waals surface area (Å²) in [6.45, 7) is 15.5. The van der Waals surface area contributed by atoms with E-state index in [-0.39, 0.29) is 16.8 Å². The van der Waals surface area contributed by atoms with E-state index in [0.29, 0.717) is 6.61 Å². The van der Waals surface area contributed by atoms with Crippen LogP contribution in [0.1, 0.15) is 65.2 Å². The number of carbonyl (C=O) groups excluding carboxylic acids is 1. The van der Waals surface area contributed by atoms with Gasteiger partial charge in [0.25, 0.3) is 0 Å². The smallest absolute Gasteiger partial charge is 0.330 e. The molecule has 0 amide bonds. The Balaban J connectivity index is 2.05. The third kappa shape index (κ3) is 6.44. The van der Waals surface area contributed by atoms with Crippen LogP contribution >= 0.6 is 0 Å². The maximum absolute atomic E-state index is 11.9. The van der Waals surface area contributed by atoms with Gasteiger partial charge in [0.05, 0.1) is 6.61 Å². The molecule has 0 fully saturated rings. The summed E-state index contributed by atoms with van der Waals surface area (Å²) in [6, 6.07) is 24.0. The lowest BCUT2D eigenvalue weighted by atomic mass is 9.85. The van der Waals surface area contributed by atoms with E-state index in [0.717, 1.165) is 27.8 Å². The van der Waals surface area contributed by atoms with Crippen molar-refractivity contribution in [2.45, 2.75) is 59.3 Å². The van der Waals surface area contributed by atoms with Crippen molar-refractivity contribution in [3.05, 3.63) is 89.5 Å². The van der Waals surface area contributed by atoms with Crippen molar-refractivity contribution in [3.63, 3.8) is 0 Å². The summed E-state index contributed by atoms with van der Waals surface area (Å²) in [5.41, 5.74) is 8.36. The number of hydrogen-bond donors (Lipinski definition) is 0.